The highest BCUT2D eigenvalue weighted by Crippen LogP contribution is 2.13. The van der Waals surface area contributed by atoms with E-state index in [2.05, 4.69) is 35.3 Å². The van der Waals surface area contributed by atoms with E-state index in [1.807, 2.05) is 13.0 Å². The number of nitrogens with one attached hydrogen (secondary N) is 1. The SMILES string of the molecule is C=CC(=O)NC(=CC)C(=C)N1CCN(C)CC1. The van der Waals surface area contributed by atoms with Crippen molar-refractivity contribution in [2.45, 2.75) is 6.92 Å². The van der Waals surface area contributed by atoms with Gasteiger partial charge in [0.25, 0.3) is 0 Å². The molecule has 4 nitrogen and oxygen atoms in total. The molecule has 0 spiro atoms. The summed E-state index contributed by atoms with van der Waals surface area (Å²) in [6.45, 7) is 13.3. The van der Waals surface area contributed by atoms with E-state index in [1.54, 1.807) is 0 Å². The van der Waals surface area contributed by atoms with Crippen molar-refractivity contribution in [3.05, 3.63) is 36.7 Å². The first-order chi connectivity index (χ1) is 8.08. The fraction of sp³-hybridized carbons (Fsp3) is 0.462. The summed E-state index contributed by atoms with van der Waals surface area (Å²) in [7, 11) is 2.11. The lowest BCUT2D eigenvalue weighted by Crippen LogP contribution is -2.44. The normalized spacial score (nSPS) is 17.8. The highest BCUT2D eigenvalue weighted by molar-refractivity contribution is 5.88. The van der Waals surface area contributed by atoms with Crippen LogP contribution < -0.4 is 5.32 Å². The van der Waals surface area contributed by atoms with Gasteiger partial charge in [0.15, 0.2) is 0 Å². The molecule has 1 heterocycles. The second-order valence-corrected chi connectivity index (χ2v) is 4.13. The maximum absolute atomic E-state index is 11.3. The van der Waals surface area contributed by atoms with Crippen LogP contribution in [0.5, 0.6) is 0 Å². The van der Waals surface area contributed by atoms with Crippen LogP contribution in [0.4, 0.5) is 0 Å². The first-order valence-corrected chi connectivity index (χ1v) is 5.81. The summed E-state index contributed by atoms with van der Waals surface area (Å²) in [4.78, 5) is 15.8. The van der Waals surface area contributed by atoms with Crippen molar-refractivity contribution < 1.29 is 4.79 Å². The molecular weight excluding hydrogens is 214 g/mol. The average Bonchev–Trinajstić information content (AvgIpc) is 2.35. The fourth-order valence-electron chi connectivity index (χ4n) is 1.74. The van der Waals surface area contributed by atoms with E-state index in [1.165, 1.54) is 6.08 Å². The Morgan fingerprint density at radius 2 is 1.88 bits per heavy atom. The Morgan fingerprint density at radius 3 is 2.35 bits per heavy atom. The van der Waals surface area contributed by atoms with Crippen molar-refractivity contribution in [3.8, 4) is 0 Å². The Kier molecular flexibility index (Phi) is 4.97. The molecule has 0 aliphatic carbocycles. The number of amides is 1. The minimum absolute atomic E-state index is 0.201. The third kappa shape index (κ3) is 3.75. The maximum atomic E-state index is 11.3. The molecule has 0 unspecified atom stereocenters. The van der Waals surface area contributed by atoms with Crippen LogP contribution in [-0.4, -0.2) is 48.9 Å². The molecule has 0 aromatic rings. The van der Waals surface area contributed by atoms with Crippen LogP contribution >= 0.6 is 0 Å². The van der Waals surface area contributed by atoms with Gasteiger partial charge in [0.05, 0.1) is 11.4 Å². The third-order valence-corrected chi connectivity index (χ3v) is 2.93. The van der Waals surface area contributed by atoms with Gasteiger partial charge in [0.1, 0.15) is 0 Å². The molecule has 1 fully saturated rings. The number of hydrogen-bond acceptors (Lipinski definition) is 3. The predicted octanol–water partition coefficient (Wildman–Crippen LogP) is 0.954. The highest BCUT2D eigenvalue weighted by atomic mass is 16.1. The molecule has 1 amide bonds. The van der Waals surface area contributed by atoms with E-state index in [0.717, 1.165) is 37.6 Å². The minimum atomic E-state index is -0.201. The van der Waals surface area contributed by atoms with Crippen molar-refractivity contribution in [2.75, 3.05) is 33.2 Å². The first-order valence-electron chi connectivity index (χ1n) is 5.81. The van der Waals surface area contributed by atoms with Crippen LogP contribution in [0, 0.1) is 0 Å². The molecule has 0 aromatic carbocycles. The van der Waals surface area contributed by atoms with E-state index in [0.29, 0.717) is 0 Å². The van der Waals surface area contributed by atoms with Crippen LogP contribution in [0.15, 0.2) is 36.7 Å². The Bertz CT molecular complexity index is 339. The molecule has 1 aliphatic heterocycles. The zero-order valence-corrected chi connectivity index (χ0v) is 10.7. The number of carbonyl (C=O) groups excluding carboxylic acids is 1. The van der Waals surface area contributed by atoms with Gasteiger partial charge in [0.2, 0.25) is 5.91 Å². The molecular formula is C13H21N3O. The van der Waals surface area contributed by atoms with Gasteiger partial charge in [-0.15, -0.1) is 0 Å². The lowest BCUT2D eigenvalue weighted by Gasteiger charge is -2.35. The second kappa shape index (κ2) is 6.25. The van der Waals surface area contributed by atoms with E-state index < -0.39 is 0 Å². The van der Waals surface area contributed by atoms with Crippen LogP contribution in [0.25, 0.3) is 0 Å². The smallest absolute Gasteiger partial charge is 0.247 e. The van der Waals surface area contributed by atoms with Crippen LogP contribution in [0.2, 0.25) is 0 Å². The molecule has 94 valence electrons. The van der Waals surface area contributed by atoms with Crippen molar-refractivity contribution >= 4 is 5.91 Å². The number of carbonyl (C=O) groups is 1. The lowest BCUT2D eigenvalue weighted by atomic mass is 10.2. The van der Waals surface area contributed by atoms with Crippen molar-refractivity contribution in [1.29, 1.82) is 0 Å². The molecule has 1 rings (SSSR count). The van der Waals surface area contributed by atoms with Crippen molar-refractivity contribution in [2.24, 2.45) is 0 Å². The summed E-state index contributed by atoms with van der Waals surface area (Å²) in [5.74, 6) is -0.201. The van der Waals surface area contributed by atoms with E-state index >= 15 is 0 Å². The van der Waals surface area contributed by atoms with Crippen LogP contribution in [0.1, 0.15) is 6.92 Å². The Labute approximate surface area is 103 Å². The Morgan fingerprint density at radius 1 is 1.29 bits per heavy atom. The van der Waals surface area contributed by atoms with Gasteiger partial charge in [-0.2, -0.15) is 0 Å². The molecule has 0 bridgehead atoms. The molecule has 1 saturated heterocycles. The summed E-state index contributed by atoms with van der Waals surface area (Å²) in [6, 6.07) is 0. The van der Waals surface area contributed by atoms with E-state index in [-0.39, 0.29) is 5.91 Å². The Hall–Kier alpha value is -1.55. The van der Waals surface area contributed by atoms with Crippen molar-refractivity contribution in [3.63, 3.8) is 0 Å². The topological polar surface area (TPSA) is 35.6 Å². The Balaban J connectivity index is 2.61. The zero-order chi connectivity index (χ0) is 12.8. The standard InChI is InChI=1S/C13H21N3O/c1-5-12(14-13(17)6-2)11(3)16-9-7-15(4)8-10-16/h5-6H,2-3,7-10H2,1,4H3,(H,14,17). The summed E-state index contributed by atoms with van der Waals surface area (Å²) >= 11 is 0. The molecule has 0 aromatic heterocycles. The number of nitrogens with zero attached hydrogens (tertiary/aromatic N) is 2. The van der Waals surface area contributed by atoms with Gasteiger partial charge < -0.3 is 15.1 Å². The molecule has 1 aliphatic rings. The highest BCUT2D eigenvalue weighted by Gasteiger charge is 2.17. The maximum Gasteiger partial charge on any atom is 0.247 e. The fourth-order valence-corrected chi connectivity index (χ4v) is 1.74. The lowest BCUT2D eigenvalue weighted by molar-refractivity contribution is -0.115. The number of likely N-dealkylation sites (N-methyl/N-ethyl adjacent to an activating group) is 1. The van der Waals surface area contributed by atoms with Gasteiger partial charge in [-0.25, -0.2) is 0 Å². The average molecular weight is 235 g/mol. The number of allylic oxidation sites excluding steroid dienone is 1. The summed E-state index contributed by atoms with van der Waals surface area (Å²) in [5.41, 5.74) is 1.63. The predicted molar refractivity (Wildman–Crippen MR) is 70.3 cm³/mol. The third-order valence-electron chi connectivity index (χ3n) is 2.93. The summed E-state index contributed by atoms with van der Waals surface area (Å²) in [5, 5.41) is 2.77. The molecule has 0 atom stereocenters. The number of hydrogen-bond donors (Lipinski definition) is 1. The second-order valence-electron chi connectivity index (χ2n) is 4.13. The molecule has 4 heteroatoms. The van der Waals surface area contributed by atoms with Gasteiger partial charge in [-0.1, -0.05) is 19.2 Å². The van der Waals surface area contributed by atoms with Gasteiger partial charge in [0, 0.05) is 26.2 Å². The zero-order valence-electron chi connectivity index (χ0n) is 10.7. The monoisotopic (exact) mass is 235 g/mol. The largest absolute Gasteiger partial charge is 0.368 e. The molecule has 0 radical (unpaired) electrons. The van der Waals surface area contributed by atoms with E-state index in [9.17, 15) is 4.79 Å². The van der Waals surface area contributed by atoms with Gasteiger partial charge >= 0.3 is 0 Å². The number of rotatable bonds is 4. The first kappa shape index (κ1) is 13.5. The quantitative estimate of drug-likeness (QED) is 0.582. The van der Waals surface area contributed by atoms with Crippen LogP contribution in [0.3, 0.4) is 0 Å². The summed E-state index contributed by atoms with van der Waals surface area (Å²) < 4.78 is 0. The van der Waals surface area contributed by atoms with E-state index in [4.69, 9.17) is 0 Å². The van der Waals surface area contributed by atoms with Crippen molar-refractivity contribution in [1.82, 2.24) is 15.1 Å². The minimum Gasteiger partial charge on any atom is -0.368 e. The molecule has 1 N–H and O–H groups in total. The van der Waals surface area contributed by atoms with Crippen LogP contribution in [-0.2, 0) is 4.79 Å². The van der Waals surface area contributed by atoms with Gasteiger partial charge in [-0.05, 0) is 20.0 Å². The molecule has 17 heavy (non-hydrogen) atoms. The number of piperazine rings is 1. The van der Waals surface area contributed by atoms with Gasteiger partial charge in [-0.3, -0.25) is 4.79 Å². The molecule has 0 saturated carbocycles. The summed E-state index contributed by atoms with van der Waals surface area (Å²) in [6.07, 6.45) is 3.13.